The van der Waals surface area contributed by atoms with Gasteiger partial charge in [0.1, 0.15) is 0 Å². The molecule has 14 heavy (non-hydrogen) atoms. The van der Waals surface area contributed by atoms with Gasteiger partial charge >= 0.3 is 5.97 Å². The molecule has 1 heterocycles. The minimum atomic E-state index is -0.186. The van der Waals surface area contributed by atoms with Crippen LogP contribution in [0.4, 0.5) is 0 Å². The second kappa shape index (κ2) is 5.81. The SMILES string of the molecule is C=CC[C@H]1CCC[C@@H](CC(=O)OC)O1. The Balaban J connectivity index is 2.32. The molecule has 0 N–H and O–H groups in total. The summed E-state index contributed by atoms with van der Waals surface area (Å²) in [4.78, 5) is 11.0. The van der Waals surface area contributed by atoms with Gasteiger partial charge in [-0.2, -0.15) is 0 Å². The predicted octanol–water partition coefficient (Wildman–Crippen LogP) is 2.06. The fourth-order valence-electron chi connectivity index (χ4n) is 1.76. The van der Waals surface area contributed by atoms with Gasteiger partial charge in [-0.25, -0.2) is 0 Å². The molecule has 0 aromatic heterocycles. The zero-order valence-electron chi connectivity index (χ0n) is 8.70. The maximum absolute atomic E-state index is 11.0. The Kier molecular flexibility index (Phi) is 4.66. The first-order valence-corrected chi connectivity index (χ1v) is 5.09. The number of hydrogen-bond donors (Lipinski definition) is 0. The highest BCUT2D eigenvalue weighted by Gasteiger charge is 2.23. The van der Waals surface area contributed by atoms with Crippen LogP contribution in [0, 0.1) is 0 Å². The number of methoxy groups -OCH3 is 1. The Hall–Kier alpha value is -0.830. The van der Waals surface area contributed by atoms with Crippen LogP contribution in [0.3, 0.4) is 0 Å². The van der Waals surface area contributed by atoms with Crippen molar-refractivity contribution in [3.8, 4) is 0 Å². The van der Waals surface area contributed by atoms with Crippen molar-refractivity contribution in [1.29, 1.82) is 0 Å². The summed E-state index contributed by atoms with van der Waals surface area (Å²) in [6, 6.07) is 0. The number of ether oxygens (including phenoxy) is 2. The predicted molar refractivity (Wildman–Crippen MR) is 54.0 cm³/mol. The summed E-state index contributed by atoms with van der Waals surface area (Å²) in [5, 5.41) is 0. The summed E-state index contributed by atoms with van der Waals surface area (Å²) in [7, 11) is 1.41. The van der Waals surface area contributed by atoms with Gasteiger partial charge in [0.25, 0.3) is 0 Å². The molecule has 1 aliphatic heterocycles. The van der Waals surface area contributed by atoms with Gasteiger partial charge in [0.05, 0.1) is 25.7 Å². The third-order valence-corrected chi connectivity index (χ3v) is 2.49. The Labute approximate surface area is 85.1 Å². The third kappa shape index (κ3) is 3.50. The molecule has 3 heteroatoms. The summed E-state index contributed by atoms with van der Waals surface area (Å²) in [5.74, 6) is -0.186. The highest BCUT2D eigenvalue weighted by molar-refractivity contribution is 5.69. The van der Waals surface area contributed by atoms with E-state index < -0.39 is 0 Å². The van der Waals surface area contributed by atoms with E-state index in [2.05, 4.69) is 11.3 Å². The van der Waals surface area contributed by atoms with Gasteiger partial charge in [0.2, 0.25) is 0 Å². The van der Waals surface area contributed by atoms with Crippen molar-refractivity contribution >= 4 is 5.97 Å². The van der Waals surface area contributed by atoms with Crippen LogP contribution in [0.1, 0.15) is 32.1 Å². The van der Waals surface area contributed by atoms with Crippen LogP contribution in [-0.2, 0) is 14.3 Å². The van der Waals surface area contributed by atoms with Gasteiger partial charge < -0.3 is 9.47 Å². The normalized spacial score (nSPS) is 26.9. The third-order valence-electron chi connectivity index (χ3n) is 2.49. The zero-order valence-corrected chi connectivity index (χ0v) is 8.70. The first-order valence-electron chi connectivity index (χ1n) is 5.09. The quantitative estimate of drug-likeness (QED) is 0.512. The van der Waals surface area contributed by atoms with E-state index >= 15 is 0 Å². The van der Waals surface area contributed by atoms with Crippen LogP contribution < -0.4 is 0 Å². The van der Waals surface area contributed by atoms with Crippen molar-refractivity contribution in [1.82, 2.24) is 0 Å². The molecule has 1 saturated heterocycles. The summed E-state index contributed by atoms with van der Waals surface area (Å²) < 4.78 is 10.3. The van der Waals surface area contributed by atoms with Gasteiger partial charge in [0.15, 0.2) is 0 Å². The Morgan fingerprint density at radius 3 is 2.93 bits per heavy atom. The lowest BCUT2D eigenvalue weighted by Crippen LogP contribution is -2.29. The highest BCUT2D eigenvalue weighted by Crippen LogP contribution is 2.23. The van der Waals surface area contributed by atoms with Crippen LogP contribution in [0.25, 0.3) is 0 Å². The lowest BCUT2D eigenvalue weighted by atomic mass is 10.0. The standard InChI is InChI=1S/C11H18O3/c1-3-5-9-6-4-7-10(14-9)8-11(12)13-2/h3,9-10H,1,4-8H2,2H3/t9-,10-/m0/s1. The van der Waals surface area contributed by atoms with Crippen molar-refractivity contribution in [2.45, 2.75) is 44.3 Å². The van der Waals surface area contributed by atoms with Gasteiger partial charge in [-0.3, -0.25) is 4.79 Å². The molecule has 0 aromatic carbocycles. The van der Waals surface area contributed by atoms with E-state index in [4.69, 9.17) is 4.74 Å². The Morgan fingerprint density at radius 2 is 2.29 bits per heavy atom. The molecule has 0 spiro atoms. The number of carbonyl (C=O) groups is 1. The maximum Gasteiger partial charge on any atom is 0.308 e. The highest BCUT2D eigenvalue weighted by atomic mass is 16.5. The average molecular weight is 198 g/mol. The van der Waals surface area contributed by atoms with Gasteiger partial charge in [-0.05, 0) is 25.7 Å². The Morgan fingerprint density at radius 1 is 1.57 bits per heavy atom. The molecule has 1 fully saturated rings. The average Bonchev–Trinajstić information content (AvgIpc) is 2.19. The van der Waals surface area contributed by atoms with Crippen molar-refractivity contribution in [2.24, 2.45) is 0 Å². The number of esters is 1. The van der Waals surface area contributed by atoms with E-state index in [9.17, 15) is 4.79 Å². The number of hydrogen-bond acceptors (Lipinski definition) is 3. The second-order valence-corrected chi connectivity index (χ2v) is 3.62. The van der Waals surface area contributed by atoms with E-state index in [0.29, 0.717) is 6.42 Å². The minimum absolute atomic E-state index is 0.0427. The minimum Gasteiger partial charge on any atom is -0.469 e. The lowest BCUT2D eigenvalue weighted by molar-refractivity contribution is -0.146. The zero-order chi connectivity index (χ0) is 10.4. The molecule has 0 aromatic rings. The van der Waals surface area contributed by atoms with Crippen molar-refractivity contribution in [3.05, 3.63) is 12.7 Å². The van der Waals surface area contributed by atoms with Crippen LogP contribution in [0.2, 0.25) is 0 Å². The van der Waals surface area contributed by atoms with E-state index in [0.717, 1.165) is 25.7 Å². The molecule has 0 aliphatic carbocycles. The summed E-state index contributed by atoms with van der Waals surface area (Å²) in [6.45, 7) is 3.69. The Bertz CT molecular complexity index is 201. The molecule has 0 amide bonds. The van der Waals surface area contributed by atoms with E-state index in [1.54, 1.807) is 0 Å². The van der Waals surface area contributed by atoms with Crippen molar-refractivity contribution < 1.29 is 14.3 Å². The molecular weight excluding hydrogens is 180 g/mol. The molecule has 80 valence electrons. The largest absolute Gasteiger partial charge is 0.469 e. The smallest absolute Gasteiger partial charge is 0.308 e. The van der Waals surface area contributed by atoms with Crippen LogP contribution in [0.15, 0.2) is 12.7 Å². The molecule has 0 saturated carbocycles. The molecule has 1 rings (SSSR count). The molecule has 0 radical (unpaired) electrons. The van der Waals surface area contributed by atoms with E-state index in [1.807, 2.05) is 6.08 Å². The topological polar surface area (TPSA) is 35.5 Å². The first-order chi connectivity index (χ1) is 6.76. The lowest BCUT2D eigenvalue weighted by Gasteiger charge is -2.28. The van der Waals surface area contributed by atoms with E-state index in [1.165, 1.54) is 7.11 Å². The van der Waals surface area contributed by atoms with Gasteiger partial charge in [0, 0.05) is 0 Å². The second-order valence-electron chi connectivity index (χ2n) is 3.62. The van der Waals surface area contributed by atoms with Crippen LogP contribution in [0.5, 0.6) is 0 Å². The fourth-order valence-corrected chi connectivity index (χ4v) is 1.76. The molecule has 1 aliphatic rings. The van der Waals surface area contributed by atoms with E-state index in [-0.39, 0.29) is 18.2 Å². The molecule has 3 nitrogen and oxygen atoms in total. The van der Waals surface area contributed by atoms with Crippen molar-refractivity contribution in [3.63, 3.8) is 0 Å². The first kappa shape index (κ1) is 11.2. The van der Waals surface area contributed by atoms with Gasteiger partial charge in [-0.1, -0.05) is 6.08 Å². The number of carbonyl (C=O) groups excluding carboxylic acids is 1. The van der Waals surface area contributed by atoms with Crippen molar-refractivity contribution in [2.75, 3.05) is 7.11 Å². The number of rotatable bonds is 4. The summed E-state index contributed by atoms with van der Waals surface area (Å²) in [6.07, 6.45) is 6.57. The molecule has 2 atom stereocenters. The monoisotopic (exact) mass is 198 g/mol. The van der Waals surface area contributed by atoms with Crippen LogP contribution >= 0.6 is 0 Å². The fraction of sp³-hybridized carbons (Fsp3) is 0.727. The molecule has 0 unspecified atom stereocenters. The summed E-state index contributed by atoms with van der Waals surface area (Å²) in [5.41, 5.74) is 0. The van der Waals surface area contributed by atoms with Crippen LogP contribution in [-0.4, -0.2) is 25.3 Å². The summed E-state index contributed by atoms with van der Waals surface area (Å²) >= 11 is 0. The maximum atomic E-state index is 11.0. The van der Waals surface area contributed by atoms with Gasteiger partial charge in [-0.15, -0.1) is 6.58 Å². The molecular formula is C11H18O3. The molecule has 0 bridgehead atoms.